The molecule has 4 aromatic rings. The number of ether oxygens (including phenoxy) is 2. The lowest BCUT2D eigenvalue weighted by Gasteiger charge is -2.08. The van der Waals surface area contributed by atoms with Crippen molar-refractivity contribution in [3.63, 3.8) is 0 Å². The van der Waals surface area contributed by atoms with Crippen LogP contribution in [0.3, 0.4) is 0 Å². The van der Waals surface area contributed by atoms with E-state index in [0.29, 0.717) is 24.3 Å². The second-order valence-corrected chi connectivity index (χ2v) is 8.25. The molecule has 4 rings (SSSR count). The highest BCUT2D eigenvalue weighted by Crippen LogP contribution is 2.28. The van der Waals surface area contributed by atoms with Crippen LogP contribution in [0.15, 0.2) is 79.0 Å². The second kappa shape index (κ2) is 11.8. The molecule has 0 spiro atoms. The van der Waals surface area contributed by atoms with Crippen molar-refractivity contribution < 1.29 is 29.3 Å². The first kappa shape index (κ1) is 24.6. The number of nitrogens with zero attached hydrogens (tertiary/aromatic N) is 1. The van der Waals surface area contributed by atoms with E-state index in [0.717, 1.165) is 34.4 Å². The Morgan fingerprint density at radius 2 is 1.47 bits per heavy atom. The molecule has 0 unspecified atom stereocenters. The SMILES string of the molecule is O=C(O)Cc1cn(CC(=O)O)c2cccc(C=Cc3ccc(OCCCOc4ccccc4)cc3)c12. The fourth-order valence-electron chi connectivity index (χ4n) is 4.00. The Morgan fingerprint density at radius 3 is 2.14 bits per heavy atom. The lowest BCUT2D eigenvalue weighted by molar-refractivity contribution is -0.138. The van der Waals surface area contributed by atoms with Gasteiger partial charge in [-0.1, -0.05) is 54.6 Å². The molecule has 3 aromatic carbocycles. The van der Waals surface area contributed by atoms with E-state index >= 15 is 0 Å². The van der Waals surface area contributed by atoms with Crippen molar-refractivity contribution in [1.82, 2.24) is 4.57 Å². The zero-order valence-corrected chi connectivity index (χ0v) is 19.7. The summed E-state index contributed by atoms with van der Waals surface area (Å²) in [4.78, 5) is 22.6. The molecular weight excluding hydrogens is 458 g/mol. The number of rotatable bonds is 12. The van der Waals surface area contributed by atoms with Crippen molar-refractivity contribution in [2.45, 2.75) is 19.4 Å². The van der Waals surface area contributed by atoms with Crippen LogP contribution in [0.25, 0.3) is 23.1 Å². The van der Waals surface area contributed by atoms with Gasteiger partial charge in [-0.2, -0.15) is 0 Å². The number of hydrogen-bond acceptors (Lipinski definition) is 4. The van der Waals surface area contributed by atoms with Crippen LogP contribution in [0.5, 0.6) is 11.5 Å². The average molecular weight is 486 g/mol. The summed E-state index contributed by atoms with van der Waals surface area (Å²) in [6.07, 6.45) is 6.04. The van der Waals surface area contributed by atoms with Gasteiger partial charge in [-0.15, -0.1) is 0 Å². The van der Waals surface area contributed by atoms with Gasteiger partial charge in [-0.05, 0) is 47.0 Å². The number of aliphatic carboxylic acids is 2. The van der Waals surface area contributed by atoms with E-state index in [4.69, 9.17) is 9.47 Å². The van der Waals surface area contributed by atoms with Crippen molar-refractivity contribution in [1.29, 1.82) is 0 Å². The Labute approximate surface area is 208 Å². The molecule has 7 nitrogen and oxygen atoms in total. The van der Waals surface area contributed by atoms with Crippen molar-refractivity contribution in [2.75, 3.05) is 13.2 Å². The third kappa shape index (κ3) is 6.54. The number of fused-ring (bicyclic) bond motifs is 1. The summed E-state index contributed by atoms with van der Waals surface area (Å²) in [5.74, 6) is -0.340. The van der Waals surface area contributed by atoms with Gasteiger partial charge in [0.25, 0.3) is 0 Å². The largest absolute Gasteiger partial charge is 0.493 e. The number of para-hydroxylation sites is 1. The maximum atomic E-state index is 11.4. The third-order valence-electron chi connectivity index (χ3n) is 5.57. The van der Waals surface area contributed by atoms with Gasteiger partial charge in [-0.25, -0.2) is 0 Å². The maximum Gasteiger partial charge on any atom is 0.323 e. The standard InChI is InChI=1S/C29H27NO6/c31-27(32)18-23-19-30(20-28(33)34)26-9-4-6-22(29(23)26)13-10-21-11-14-25(15-12-21)36-17-5-16-35-24-7-2-1-3-8-24/h1-4,6-15,19H,5,16-18,20H2,(H,31,32)(H,33,34). The second-order valence-electron chi connectivity index (χ2n) is 8.25. The molecule has 0 fully saturated rings. The zero-order valence-electron chi connectivity index (χ0n) is 19.7. The van der Waals surface area contributed by atoms with Gasteiger partial charge in [0.15, 0.2) is 0 Å². The van der Waals surface area contributed by atoms with Crippen LogP contribution in [-0.2, 0) is 22.6 Å². The summed E-state index contributed by atoms with van der Waals surface area (Å²) < 4.78 is 13.0. The molecule has 1 aromatic heterocycles. The monoisotopic (exact) mass is 485 g/mol. The summed E-state index contributed by atoms with van der Waals surface area (Å²) in [6, 6.07) is 22.9. The molecule has 0 atom stereocenters. The van der Waals surface area contributed by atoms with Crippen LogP contribution in [0.2, 0.25) is 0 Å². The van der Waals surface area contributed by atoms with E-state index in [-0.39, 0.29) is 13.0 Å². The highest BCUT2D eigenvalue weighted by atomic mass is 16.5. The fraction of sp³-hybridized carbons (Fsp3) is 0.172. The molecule has 0 aliphatic carbocycles. The number of benzene rings is 3. The molecule has 0 radical (unpaired) electrons. The predicted molar refractivity (Wildman–Crippen MR) is 138 cm³/mol. The van der Waals surface area contributed by atoms with E-state index in [2.05, 4.69) is 0 Å². The van der Waals surface area contributed by atoms with Gasteiger partial charge in [0.05, 0.1) is 19.6 Å². The normalized spacial score (nSPS) is 11.1. The van der Waals surface area contributed by atoms with Crippen molar-refractivity contribution in [3.8, 4) is 11.5 Å². The third-order valence-corrected chi connectivity index (χ3v) is 5.57. The molecule has 184 valence electrons. The maximum absolute atomic E-state index is 11.4. The Morgan fingerprint density at radius 1 is 0.778 bits per heavy atom. The summed E-state index contributed by atoms with van der Waals surface area (Å²) >= 11 is 0. The number of hydrogen-bond donors (Lipinski definition) is 2. The van der Waals surface area contributed by atoms with Crippen molar-refractivity contribution in [3.05, 3.63) is 95.7 Å². The lowest BCUT2D eigenvalue weighted by Crippen LogP contribution is -2.07. The smallest absolute Gasteiger partial charge is 0.323 e. The van der Waals surface area contributed by atoms with Gasteiger partial charge >= 0.3 is 11.9 Å². The first-order valence-corrected chi connectivity index (χ1v) is 11.6. The highest BCUT2D eigenvalue weighted by Gasteiger charge is 2.15. The van der Waals surface area contributed by atoms with Crippen molar-refractivity contribution >= 4 is 35.0 Å². The number of carboxylic acid groups (broad SMARTS) is 2. The van der Waals surface area contributed by atoms with E-state index in [1.165, 1.54) is 0 Å². The molecule has 0 amide bonds. The number of aromatic nitrogens is 1. The quantitative estimate of drug-likeness (QED) is 0.207. The Hall–Kier alpha value is -4.52. The van der Waals surface area contributed by atoms with Crippen LogP contribution >= 0.6 is 0 Å². The molecule has 2 N–H and O–H groups in total. The fourth-order valence-corrected chi connectivity index (χ4v) is 4.00. The summed E-state index contributed by atoms with van der Waals surface area (Å²) in [7, 11) is 0. The molecule has 36 heavy (non-hydrogen) atoms. The topological polar surface area (TPSA) is 98.0 Å². The predicted octanol–water partition coefficient (Wildman–Crippen LogP) is 5.37. The van der Waals surface area contributed by atoms with Crippen LogP contribution < -0.4 is 9.47 Å². The molecule has 1 heterocycles. The minimum atomic E-state index is -0.985. The number of carbonyl (C=O) groups is 2. The average Bonchev–Trinajstić information content (AvgIpc) is 3.20. The van der Waals surface area contributed by atoms with E-state index in [1.807, 2.05) is 78.9 Å². The molecule has 0 aliphatic heterocycles. The number of carboxylic acids is 2. The van der Waals surface area contributed by atoms with E-state index < -0.39 is 11.9 Å². The Balaban J connectivity index is 1.40. The molecule has 7 heteroatoms. The Kier molecular flexibility index (Phi) is 8.03. The van der Waals surface area contributed by atoms with Crippen LogP contribution in [-0.4, -0.2) is 39.9 Å². The Bertz CT molecular complexity index is 1360. The van der Waals surface area contributed by atoms with Gasteiger partial charge in [0.2, 0.25) is 0 Å². The van der Waals surface area contributed by atoms with Crippen LogP contribution in [0.1, 0.15) is 23.1 Å². The first-order valence-electron chi connectivity index (χ1n) is 11.6. The molecule has 0 saturated heterocycles. The molecule has 0 aliphatic rings. The lowest BCUT2D eigenvalue weighted by atomic mass is 10.0. The minimum absolute atomic E-state index is 0.184. The summed E-state index contributed by atoms with van der Waals surface area (Å²) in [5.41, 5.74) is 3.05. The highest BCUT2D eigenvalue weighted by molar-refractivity contribution is 5.96. The summed E-state index contributed by atoms with van der Waals surface area (Å²) in [5, 5.41) is 19.3. The van der Waals surface area contributed by atoms with Crippen LogP contribution in [0.4, 0.5) is 0 Å². The molecule has 0 bridgehead atoms. The minimum Gasteiger partial charge on any atom is -0.493 e. The van der Waals surface area contributed by atoms with E-state index in [1.54, 1.807) is 16.8 Å². The first-order chi connectivity index (χ1) is 17.5. The van der Waals surface area contributed by atoms with Gasteiger partial charge in [0, 0.05) is 23.5 Å². The van der Waals surface area contributed by atoms with Crippen molar-refractivity contribution in [2.24, 2.45) is 0 Å². The van der Waals surface area contributed by atoms with Crippen LogP contribution in [0, 0.1) is 0 Å². The van der Waals surface area contributed by atoms with E-state index in [9.17, 15) is 19.8 Å². The van der Waals surface area contributed by atoms with Gasteiger partial charge in [0.1, 0.15) is 18.0 Å². The summed E-state index contributed by atoms with van der Waals surface area (Å²) in [6.45, 7) is 0.890. The zero-order chi connectivity index (χ0) is 25.3. The van der Waals surface area contributed by atoms with Gasteiger partial charge < -0.3 is 24.3 Å². The van der Waals surface area contributed by atoms with Gasteiger partial charge in [-0.3, -0.25) is 9.59 Å². The molecular formula is C29H27NO6. The molecule has 0 saturated carbocycles.